The standard InChI is InChI=1S/C21H24N4O2S/c1-23(17-6-3-2-4-7-17)21(26)15-25-11-9-24(10-12-25)14-20-22-18(16-28-20)19-8-5-13-27-19/h2-8,13,16H,9-12,14-15H2,1H3. The van der Waals surface area contributed by atoms with E-state index >= 15 is 0 Å². The van der Waals surface area contributed by atoms with Crippen molar-refractivity contribution in [3.63, 3.8) is 0 Å². The van der Waals surface area contributed by atoms with Gasteiger partial charge in [-0.1, -0.05) is 18.2 Å². The van der Waals surface area contributed by atoms with Crippen molar-refractivity contribution in [2.75, 3.05) is 44.7 Å². The van der Waals surface area contributed by atoms with Crippen LogP contribution in [0.15, 0.2) is 58.5 Å². The Hall–Kier alpha value is -2.48. The lowest BCUT2D eigenvalue weighted by atomic mass is 10.2. The molecule has 0 N–H and O–H groups in total. The highest BCUT2D eigenvalue weighted by molar-refractivity contribution is 7.09. The summed E-state index contributed by atoms with van der Waals surface area (Å²) < 4.78 is 5.41. The number of hydrogen-bond donors (Lipinski definition) is 0. The predicted octanol–water partition coefficient (Wildman–Crippen LogP) is 3.18. The van der Waals surface area contributed by atoms with Gasteiger partial charge in [0.15, 0.2) is 5.76 Å². The topological polar surface area (TPSA) is 52.8 Å². The van der Waals surface area contributed by atoms with Gasteiger partial charge in [0.1, 0.15) is 10.7 Å². The summed E-state index contributed by atoms with van der Waals surface area (Å²) in [5.41, 5.74) is 1.83. The molecule has 28 heavy (non-hydrogen) atoms. The Morgan fingerprint density at radius 1 is 1.11 bits per heavy atom. The molecule has 2 aromatic heterocycles. The van der Waals surface area contributed by atoms with E-state index in [9.17, 15) is 4.79 Å². The number of likely N-dealkylation sites (N-methyl/N-ethyl adjacent to an activating group) is 1. The molecular formula is C21H24N4O2S. The number of nitrogens with zero attached hydrogens (tertiary/aromatic N) is 4. The first kappa shape index (κ1) is 18.9. The Kier molecular flexibility index (Phi) is 5.85. The van der Waals surface area contributed by atoms with Gasteiger partial charge in [0.2, 0.25) is 5.91 Å². The molecule has 4 rings (SSSR count). The van der Waals surface area contributed by atoms with Crippen LogP contribution in [0.3, 0.4) is 0 Å². The Morgan fingerprint density at radius 3 is 2.57 bits per heavy atom. The van der Waals surface area contributed by atoms with Gasteiger partial charge in [-0.3, -0.25) is 14.6 Å². The number of rotatable bonds is 6. The molecule has 1 aromatic carbocycles. The van der Waals surface area contributed by atoms with E-state index in [0.717, 1.165) is 54.9 Å². The number of piperazine rings is 1. The van der Waals surface area contributed by atoms with Crippen molar-refractivity contribution in [2.24, 2.45) is 0 Å². The normalized spacial score (nSPS) is 15.6. The van der Waals surface area contributed by atoms with E-state index in [4.69, 9.17) is 4.42 Å². The van der Waals surface area contributed by atoms with E-state index in [2.05, 4.69) is 14.8 Å². The fourth-order valence-corrected chi connectivity index (χ4v) is 4.14. The van der Waals surface area contributed by atoms with Crippen molar-refractivity contribution in [3.8, 4) is 11.5 Å². The van der Waals surface area contributed by atoms with Gasteiger partial charge in [-0.15, -0.1) is 11.3 Å². The van der Waals surface area contributed by atoms with Crippen molar-refractivity contribution < 1.29 is 9.21 Å². The van der Waals surface area contributed by atoms with Gasteiger partial charge in [0, 0.05) is 44.3 Å². The number of thiazole rings is 1. The smallest absolute Gasteiger partial charge is 0.240 e. The fraction of sp³-hybridized carbons (Fsp3) is 0.333. The molecule has 3 heterocycles. The van der Waals surface area contributed by atoms with Crippen LogP contribution in [-0.4, -0.2) is 60.5 Å². The van der Waals surface area contributed by atoms with Gasteiger partial charge >= 0.3 is 0 Å². The number of para-hydroxylation sites is 1. The minimum atomic E-state index is 0.127. The Balaban J connectivity index is 1.25. The molecule has 1 aliphatic rings. The van der Waals surface area contributed by atoms with Crippen molar-refractivity contribution >= 4 is 22.9 Å². The van der Waals surface area contributed by atoms with Gasteiger partial charge in [-0.2, -0.15) is 0 Å². The quantitative estimate of drug-likeness (QED) is 0.641. The molecule has 0 aliphatic carbocycles. The first-order chi connectivity index (χ1) is 13.7. The average Bonchev–Trinajstić information content (AvgIpc) is 3.41. The zero-order chi connectivity index (χ0) is 19.3. The van der Waals surface area contributed by atoms with Crippen LogP contribution in [0.5, 0.6) is 0 Å². The number of furan rings is 1. The molecule has 0 saturated carbocycles. The Bertz CT molecular complexity index is 886. The monoisotopic (exact) mass is 396 g/mol. The lowest BCUT2D eigenvalue weighted by molar-refractivity contribution is -0.119. The zero-order valence-corrected chi connectivity index (χ0v) is 16.8. The molecule has 1 amide bonds. The second kappa shape index (κ2) is 8.68. The number of carbonyl (C=O) groups is 1. The van der Waals surface area contributed by atoms with E-state index in [1.165, 1.54) is 0 Å². The molecule has 146 valence electrons. The Morgan fingerprint density at radius 2 is 1.86 bits per heavy atom. The van der Waals surface area contributed by atoms with Crippen LogP contribution < -0.4 is 4.90 Å². The fourth-order valence-electron chi connectivity index (χ4n) is 3.31. The summed E-state index contributed by atoms with van der Waals surface area (Å²) in [5, 5.41) is 3.14. The molecule has 3 aromatic rings. The number of anilines is 1. The summed E-state index contributed by atoms with van der Waals surface area (Å²) in [6.45, 7) is 4.97. The maximum absolute atomic E-state index is 12.6. The van der Waals surface area contributed by atoms with Gasteiger partial charge in [-0.25, -0.2) is 4.98 Å². The molecule has 7 heteroatoms. The number of carbonyl (C=O) groups excluding carboxylic acids is 1. The number of benzene rings is 1. The van der Waals surface area contributed by atoms with E-state index in [-0.39, 0.29) is 5.91 Å². The van der Waals surface area contributed by atoms with Crippen LogP contribution in [0, 0.1) is 0 Å². The number of hydrogen-bond acceptors (Lipinski definition) is 6. The zero-order valence-electron chi connectivity index (χ0n) is 16.0. The first-order valence-corrected chi connectivity index (χ1v) is 10.3. The second-order valence-corrected chi connectivity index (χ2v) is 7.89. The Labute approximate surface area is 169 Å². The van der Waals surface area contributed by atoms with Gasteiger partial charge < -0.3 is 9.32 Å². The largest absolute Gasteiger partial charge is 0.463 e. The lowest BCUT2D eigenvalue weighted by Crippen LogP contribution is -2.49. The van der Waals surface area contributed by atoms with E-state index in [1.54, 1.807) is 22.5 Å². The summed E-state index contributed by atoms with van der Waals surface area (Å²) in [7, 11) is 1.84. The third-order valence-electron chi connectivity index (χ3n) is 5.03. The maximum atomic E-state index is 12.6. The summed E-state index contributed by atoms with van der Waals surface area (Å²) in [6.07, 6.45) is 1.67. The van der Waals surface area contributed by atoms with Crippen molar-refractivity contribution in [3.05, 3.63) is 59.1 Å². The van der Waals surface area contributed by atoms with Gasteiger partial charge in [-0.05, 0) is 24.3 Å². The molecule has 0 bridgehead atoms. The van der Waals surface area contributed by atoms with Crippen LogP contribution in [0.4, 0.5) is 5.69 Å². The van der Waals surface area contributed by atoms with Crippen LogP contribution in [-0.2, 0) is 11.3 Å². The summed E-state index contributed by atoms with van der Waals surface area (Å²) >= 11 is 1.67. The van der Waals surface area contributed by atoms with Crippen molar-refractivity contribution in [1.82, 2.24) is 14.8 Å². The van der Waals surface area contributed by atoms with Crippen molar-refractivity contribution in [2.45, 2.75) is 6.54 Å². The minimum absolute atomic E-state index is 0.127. The molecule has 0 spiro atoms. The molecule has 1 saturated heterocycles. The van der Waals surface area contributed by atoms with E-state index in [0.29, 0.717) is 6.54 Å². The molecule has 0 unspecified atom stereocenters. The summed E-state index contributed by atoms with van der Waals surface area (Å²) in [6, 6.07) is 13.6. The molecule has 0 radical (unpaired) electrons. The molecule has 6 nitrogen and oxygen atoms in total. The van der Waals surface area contributed by atoms with Crippen LogP contribution in [0.2, 0.25) is 0 Å². The van der Waals surface area contributed by atoms with Gasteiger partial charge in [0.25, 0.3) is 0 Å². The highest BCUT2D eigenvalue weighted by Crippen LogP contribution is 2.23. The third kappa shape index (κ3) is 4.49. The van der Waals surface area contributed by atoms with Crippen LogP contribution in [0.1, 0.15) is 5.01 Å². The molecule has 0 atom stereocenters. The molecule has 1 fully saturated rings. The van der Waals surface area contributed by atoms with Gasteiger partial charge in [0.05, 0.1) is 19.4 Å². The maximum Gasteiger partial charge on any atom is 0.240 e. The molecule has 1 aliphatic heterocycles. The van der Waals surface area contributed by atoms with E-state index in [1.807, 2.05) is 54.9 Å². The second-order valence-electron chi connectivity index (χ2n) is 6.94. The van der Waals surface area contributed by atoms with Crippen LogP contribution >= 0.6 is 11.3 Å². The number of aromatic nitrogens is 1. The molecular weight excluding hydrogens is 372 g/mol. The van der Waals surface area contributed by atoms with Crippen molar-refractivity contribution in [1.29, 1.82) is 0 Å². The summed E-state index contributed by atoms with van der Waals surface area (Å²) in [5.74, 6) is 0.941. The van der Waals surface area contributed by atoms with E-state index < -0.39 is 0 Å². The first-order valence-electron chi connectivity index (χ1n) is 9.43. The lowest BCUT2D eigenvalue weighted by Gasteiger charge is -2.34. The SMILES string of the molecule is CN(C(=O)CN1CCN(Cc2nc(-c3ccco3)cs2)CC1)c1ccccc1. The minimum Gasteiger partial charge on any atom is -0.463 e. The highest BCUT2D eigenvalue weighted by Gasteiger charge is 2.22. The summed E-state index contributed by atoms with van der Waals surface area (Å²) in [4.78, 5) is 23.6. The number of amides is 1. The third-order valence-corrected chi connectivity index (χ3v) is 5.86. The average molecular weight is 397 g/mol. The van der Waals surface area contributed by atoms with Crippen LogP contribution in [0.25, 0.3) is 11.5 Å². The highest BCUT2D eigenvalue weighted by atomic mass is 32.1. The predicted molar refractivity (Wildman–Crippen MR) is 111 cm³/mol.